The van der Waals surface area contributed by atoms with E-state index in [1.165, 1.54) is 0 Å². The van der Waals surface area contributed by atoms with E-state index < -0.39 is 0 Å². The van der Waals surface area contributed by atoms with E-state index in [9.17, 15) is 10.2 Å². The Morgan fingerprint density at radius 1 is 0.692 bits per heavy atom. The molecule has 0 spiro atoms. The molecular weight excluding hydrogens is 324 g/mol. The molecular formula is C22H40N2O2. The van der Waals surface area contributed by atoms with Crippen molar-refractivity contribution in [1.29, 1.82) is 0 Å². The van der Waals surface area contributed by atoms with E-state index in [-0.39, 0.29) is 40.5 Å². The van der Waals surface area contributed by atoms with Gasteiger partial charge in [-0.15, -0.1) is 5.92 Å². The van der Waals surface area contributed by atoms with Crippen LogP contribution in [0.2, 0.25) is 0 Å². The maximum Gasteiger partial charge on any atom is 0.128 e. The minimum atomic E-state index is -0.282. The highest BCUT2D eigenvalue weighted by Crippen LogP contribution is 2.46. The van der Waals surface area contributed by atoms with Gasteiger partial charge in [0, 0.05) is 22.2 Å². The van der Waals surface area contributed by atoms with Gasteiger partial charge in [-0.3, -0.25) is 9.80 Å². The zero-order chi connectivity index (χ0) is 20.1. The number of rotatable bonds is 2. The molecule has 4 nitrogen and oxygen atoms in total. The predicted molar refractivity (Wildman–Crippen MR) is 108 cm³/mol. The number of aliphatic hydroxyl groups excluding tert-OH is 2. The van der Waals surface area contributed by atoms with Gasteiger partial charge in [0.15, 0.2) is 0 Å². The van der Waals surface area contributed by atoms with Gasteiger partial charge in [0.25, 0.3) is 0 Å². The van der Waals surface area contributed by atoms with Crippen molar-refractivity contribution >= 4 is 0 Å². The van der Waals surface area contributed by atoms with Gasteiger partial charge in [-0.05, 0) is 88.0 Å². The van der Waals surface area contributed by atoms with E-state index in [4.69, 9.17) is 0 Å². The number of likely N-dealkylation sites (tertiary alicyclic amines) is 2. The van der Waals surface area contributed by atoms with Crippen molar-refractivity contribution in [3.63, 3.8) is 0 Å². The molecule has 0 aromatic carbocycles. The average molecular weight is 365 g/mol. The van der Waals surface area contributed by atoms with E-state index in [1.807, 2.05) is 6.92 Å². The Balaban J connectivity index is 2.58. The van der Waals surface area contributed by atoms with Crippen LogP contribution in [0, 0.1) is 11.8 Å². The third-order valence-corrected chi connectivity index (χ3v) is 6.31. The quantitative estimate of drug-likeness (QED) is 0.738. The van der Waals surface area contributed by atoms with Crippen LogP contribution in [0.15, 0.2) is 0 Å². The maximum atomic E-state index is 10.5. The summed E-state index contributed by atoms with van der Waals surface area (Å²) in [6, 6.07) is 0. The second kappa shape index (κ2) is 6.78. The molecule has 2 N–H and O–H groups in total. The molecule has 2 saturated heterocycles. The van der Waals surface area contributed by atoms with Crippen LogP contribution in [-0.4, -0.2) is 60.5 Å². The smallest absolute Gasteiger partial charge is 0.128 e. The first-order valence-electron chi connectivity index (χ1n) is 10.0. The third kappa shape index (κ3) is 3.97. The molecule has 0 radical (unpaired) electrons. The maximum absolute atomic E-state index is 10.5. The normalized spacial score (nSPS) is 29.4. The van der Waals surface area contributed by atoms with Crippen molar-refractivity contribution in [2.45, 2.75) is 129 Å². The fourth-order valence-corrected chi connectivity index (χ4v) is 6.18. The zero-order valence-electron chi connectivity index (χ0n) is 18.3. The number of hydrogen-bond donors (Lipinski definition) is 2. The molecule has 0 aromatic heterocycles. The van der Waals surface area contributed by atoms with Crippen molar-refractivity contribution in [1.82, 2.24) is 9.80 Å². The minimum absolute atomic E-state index is 0.0602. The monoisotopic (exact) mass is 364 g/mol. The van der Waals surface area contributed by atoms with Gasteiger partial charge in [0.1, 0.15) is 6.17 Å². The van der Waals surface area contributed by atoms with Crippen molar-refractivity contribution < 1.29 is 10.2 Å². The molecule has 2 aliphatic rings. The van der Waals surface area contributed by atoms with Gasteiger partial charge in [0.05, 0.1) is 12.2 Å². The molecule has 4 heteroatoms. The standard InChI is InChI=1S/C22H40N2O2/c1-10-11-18(23-19(2,3)12-16(25)13-20(23,4)5)24-21(6,7)14-17(26)15-22(24,8)9/h16-18,25-26H,12-15H2,1-9H3. The van der Waals surface area contributed by atoms with Gasteiger partial charge >= 0.3 is 0 Å². The van der Waals surface area contributed by atoms with E-state index in [0.29, 0.717) is 0 Å². The molecule has 2 fully saturated rings. The first-order chi connectivity index (χ1) is 11.6. The topological polar surface area (TPSA) is 46.9 Å². The van der Waals surface area contributed by atoms with Crippen molar-refractivity contribution in [2.75, 3.05) is 0 Å². The highest BCUT2D eigenvalue weighted by Gasteiger charge is 2.55. The minimum Gasteiger partial charge on any atom is -0.393 e. The Morgan fingerprint density at radius 2 is 0.962 bits per heavy atom. The van der Waals surface area contributed by atoms with Crippen LogP contribution in [0.1, 0.15) is 88.0 Å². The first kappa shape index (κ1) is 21.7. The first-order valence-corrected chi connectivity index (χ1v) is 10.0. The number of hydrogen-bond acceptors (Lipinski definition) is 4. The Hall–Kier alpha value is -0.600. The lowest BCUT2D eigenvalue weighted by atomic mass is 9.74. The van der Waals surface area contributed by atoms with Crippen LogP contribution in [0.25, 0.3) is 0 Å². The van der Waals surface area contributed by atoms with E-state index in [1.54, 1.807) is 0 Å². The van der Waals surface area contributed by atoms with Crippen LogP contribution in [-0.2, 0) is 0 Å². The number of aliphatic hydroxyl groups is 2. The fraction of sp³-hybridized carbons (Fsp3) is 0.909. The summed E-state index contributed by atoms with van der Waals surface area (Å²) in [5.41, 5.74) is -0.675. The summed E-state index contributed by atoms with van der Waals surface area (Å²) in [6.45, 7) is 19.7. The van der Waals surface area contributed by atoms with Crippen LogP contribution < -0.4 is 0 Å². The van der Waals surface area contributed by atoms with Gasteiger partial charge in [-0.25, -0.2) is 0 Å². The molecule has 0 atom stereocenters. The second-order valence-electron chi connectivity index (χ2n) is 10.9. The summed E-state index contributed by atoms with van der Waals surface area (Å²) in [6.07, 6.45) is 2.36. The largest absolute Gasteiger partial charge is 0.393 e. The summed E-state index contributed by atoms with van der Waals surface area (Å²) in [4.78, 5) is 5.04. The van der Waals surface area contributed by atoms with Gasteiger partial charge in [-0.1, -0.05) is 5.92 Å². The van der Waals surface area contributed by atoms with Crippen molar-refractivity contribution in [3.8, 4) is 11.8 Å². The molecule has 0 bridgehead atoms. The van der Waals surface area contributed by atoms with E-state index in [0.717, 1.165) is 25.7 Å². The van der Waals surface area contributed by atoms with Gasteiger partial charge in [-0.2, -0.15) is 0 Å². The predicted octanol–water partition coefficient (Wildman–Crippen LogP) is 3.36. The number of piperidine rings is 2. The fourth-order valence-electron chi connectivity index (χ4n) is 6.18. The van der Waals surface area contributed by atoms with Crippen LogP contribution in [0.5, 0.6) is 0 Å². The van der Waals surface area contributed by atoms with Gasteiger partial charge < -0.3 is 10.2 Å². The highest BCUT2D eigenvalue weighted by molar-refractivity contribution is 5.18. The molecule has 0 aliphatic carbocycles. The van der Waals surface area contributed by atoms with Gasteiger partial charge in [0.2, 0.25) is 0 Å². The molecule has 2 heterocycles. The molecule has 2 aliphatic heterocycles. The Bertz CT molecular complexity index is 505. The van der Waals surface area contributed by atoms with E-state index >= 15 is 0 Å². The van der Waals surface area contributed by atoms with Crippen LogP contribution in [0.3, 0.4) is 0 Å². The van der Waals surface area contributed by atoms with Crippen LogP contribution >= 0.6 is 0 Å². The SMILES string of the molecule is CC#CC(N1C(C)(C)CC(O)CC1(C)C)N1C(C)(C)CC(O)CC1(C)C. The lowest BCUT2D eigenvalue weighted by Gasteiger charge is -2.64. The van der Waals surface area contributed by atoms with Crippen molar-refractivity contribution in [2.24, 2.45) is 0 Å². The van der Waals surface area contributed by atoms with Crippen LogP contribution in [0.4, 0.5) is 0 Å². The Kier molecular flexibility index (Phi) is 5.66. The molecule has 0 amide bonds. The summed E-state index contributed by atoms with van der Waals surface area (Å²) in [7, 11) is 0. The lowest BCUT2D eigenvalue weighted by Crippen LogP contribution is -2.74. The third-order valence-electron chi connectivity index (χ3n) is 6.31. The Morgan fingerprint density at radius 3 is 1.19 bits per heavy atom. The summed E-state index contributed by atoms with van der Waals surface area (Å²) in [5, 5.41) is 20.9. The Labute approximate surface area is 160 Å². The van der Waals surface area contributed by atoms with E-state index in [2.05, 4.69) is 77.0 Å². The molecule has 0 saturated carbocycles. The second-order valence-corrected chi connectivity index (χ2v) is 10.9. The molecule has 26 heavy (non-hydrogen) atoms. The molecule has 0 aromatic rings. The molecule has 2 rings (SSSR count). The number of nitrogens with zero attached hydrogens (tertiary/aromatic N) is 2. The highest BCUT2D eigenvalue weighted by atomic mass is 16.3. The van der Waals surface area contributed by atoms with Crippen molar-refractivity contribution in [3.05, 3.63) is 0 Å². The average Bonchev–Trinajstić information content (AvgIpc) is 2.30. The zero-order valence-corrected chi connectivity index (χ0v) is 18.3. The summed E-state index contributed by atoms with van der Waals surface area (Å²) < 4.78 is 0. The lowest BCUT2D eigenvalue weighted by molar-refractivity contribution is -0.184. The molecule has 0 unspecified atom stereocenters. The molecule has 150 valence electrons. The summed E-state index contributed by atoms with van der Waals surface area (Å²) in [5.74, 6) is 6.69. The summed E-state index contributed by atoms with van der Waals surface area (Å²) >= 11 is 0.